The number of nitro benzene ring substituents is 1. The second-order valence-corrected chi connectivity index (χ2v) is 5.82. The molecule has 1 N–H and O–H groups in total. The van der Waals surface area contributed by atoms with Gasteiger partial charge in [-0.15, -0.1) is 0 Å². The third-order valence-corrected chi connectivity index (χ3v) is 3.75. The molecule has 25 heavy (non-hydrogen) atoms. The highest BCUT2D eigenvalue weighted by Gasteiger charge is 2.34. The van der Waals surface area contributed by atoms with Crippen molar-refractivity contribution in [2.75, 3.05) is 0 Å². The van der Waals surface area contributed by atoms with E-state index in [2.05, 4.69) is 15.9 Å². The summed E-state index contributed by atoms with van der Waals surface area (Å²) in [6.45, 7) is 0. The third-order valence-electron chi connectivity index (χ3n) is 3.22. The van der Waals surface area contributed by atoms with Crippen LogP contribution in [0.2, 0.25) is 0 Å². The Morgan fingerprint density at radius 3 is 2.24 bits per heavy atom. The highest BCUT2D eigenvalue weighted by Crippen LogP contribution is 2.35. The van der Waals surface area contributed by atoms with E-state index in [0.717, 1.165) is 16.6 Å². The number of halogens is 4. The van der Waals surface area contributed by atoms with Gasteiger partial charge in [0.15, 0.2) is 0 Å². The van der Waals surface area contributed by atoms with Crippen LogP contribution in [0.3, 0.4) is 0 Å². The Balaban J connectivity index is 2.64. The van der Waals surface area contributed by atoms with Crippen LogP contribution in [0.5, 0.6) is 0 Å². The molecule has 2 aromatic carbocycles. The van der Waals surface area contributed by atoms with Gasteiger partial charge >= 0.3 is 12.1 Å². The van der Waals surface area contributed by atoms with Gasteiger partial charge in [0.25, 0.3) is 5.69 Å². The summed E-state index contributed by atoms with van der Waals surface area (Å²) >= 11 is 3.21. The number of carbonyl (C=O) groups is 1. The molecule has 0 aromatic heterocycles. The monoisotopic (exact) mass is 415 g/mol. The number of alkyl halides is 3. The Hall–Kier alpha value is -2.68. The number of hydrogen-bond donors (Lipinski definition) is 1. The van der Waals surface area contributed by atoms with E-state index in [9.17, 15) is 33.2 Å². The first kappa shape index (κ1) is 18.7. The van der Waals surface area contributed by atoms with Crippen LogP contribution in [0.1, 0.15) is 16.7 Å². The van der Waals surface area contributed by atoms with Gasteiger partial charge in [0.05, 0.1) is 21.6 Å². The summed E-state index contributed by atoms with van der Waals surface area (Å²) < 4.78 is 39.0. The van der Waals surface area contributed by atoms with Crippen molar-refractivity contribution < 1.29 is 28.0 Å². The maximum Gasteiger partial charge on any atom is 0.416 e. The molecule has 0 saturated heterocycles. The zero-order chi connectivity index (χ0) is 18.8. The number of carboxylic acids is 1. The molecule has 0 bridgehead atoms. The molecule has 0 saturated carbocycles. The molecule has 2 aromatic rings. The Kier molecular flexibility index (Phi) is 5.27. The minimum atomic E-state index is -4.78. The van der Waals surface area contributed by atoms with Gasteiger partial charge < -0.3 is 5.11 Å². The summed E-state index contributed by atoms with van der Waals surface area (Å²) in [7, 11) is 0. The van der Waals surface area contributed by atoms with E-state index in [0.29, 0.717) is 17.7 Å². The van der Waals surface area contributed by atoms with Gasteiger partial charge in [-0.25, -0.2) is 4.79 Å². The number of aliphatic carboxylic acids is 1. The van der Waals surface area contributed by atoms with E-state index in [1.54, 1.807) is 24.3 Å². The molecule has 0 fully saturated rings. The van der Waals surface area contributed by atoms with E-state index in [1.165, 1.54) is 0 Å². The molecule has 0 heterocycles. The van der Waals surface area contributed by atoms with Crippen LogP contribution < -0.4 is 0 Å². The van der Waals surface area contributed by atoms with Gasteiger partial charge in [0.2, 0.25) is 0 Å². The number of benzene rings is 2. The van der Waals surface area contributed by atoms with E-state index < -0.39 is 39.5 Å². The van der Waals surface area contributed by atoms with Crippen molar-refractivity contribution in [3.05, 3.63) is 73.7 Å². The van der Waals surface area contributed by atoms with Gasteiger partial charge in [-0.2, -0.15) is 13.2 Å². The number of carboxylic acid groups (broad SMARTS) is 1. The third kappa shape index (κ3) is 4.44. The molecule has 0 aliphatic heterocycles. The molecular formula is C16H9BrF3NO4. The van der Waals surface area contributed by atoms with Crippen LogP contribution in [0.25, 0.3) is 11.6 Å². The van der Waals surface area contributed by atoms with Crippen molar-refractivity contribution in [3.8, 4) is 0 Å². The molecule has 9 heteroatoms. The lowest BCUT2D eigenvalue weighted by molar-refractivity contribution is -0.385. The first-order chi connectivity index (χ1) is 11.6. The van der Waals surface area contributed by atoms with E-state index in [4.69, 9.17) is 0 Å². The zero-order valence-corrected chi connectivity index (χ0v) is 13.8. The average Bonchev–Trinajstić information content (AvgIpc) is 2.52. The number of rotatable bonds is 4. The van der Waals surface area contributed by atoms with Crippen molar-refractivity contribution in [2.24, 2.45) is 0 Å². The van der Waals surface area contributed by atoms with E-state index >= 15 is 0 Å². The molecular weight excluding hydrogens is 407 g/mol. The maximum absolute atomic E-state index is 12.7. The summed E-state index contributed by atoms with van der Waals surface area (Å²) in [5.41, 5.74) is -2.62. The van der Waals surface area contributed by atoms with Crippen LogP contribution in [0, 0.1) is 10.1 Å². The van der Waals surface area contributed by atoms with Gasteiger partial charge in [0.1, 0.15) is 0 Å². The lowest BCUT2D eigenvalue weighted by Crippen LogP contribution is -2.08. The molecule has 0 radical (unpaired) electrons. The van der Waals surface area contributed by atoms with Crippen molar-refractivity contribution >= 4 is 39.2 Å². The van der Waals surface area contributed by atoms with Crippen LogP contribution >= 0.6 is 15.9 Å². The zero-order valence-electron chi connectivity index (χ0n) is 12.2. The molecule has 0 aliphatic carbocycles. The lowest BCUT2D eigenvalue weighted by atomic mass is 9.99. The van der Waals surface area contributed by atoms with Gasteiger partial charge in [-0.3, -0.25) is 10.1 Å². The smallest absolute Gasteiger partial charge is 0.416 e. The van der Waals surface area contributed by atoms with Crippen molar-refractivity contribution in [2.45, 2.75) is 6.18 Å². The van der Waals surface area contributed by atoms with Crippen molar-refractivity contribution in [3.63, 3.8) is 0 Å². The second-order valence-electron chi connectivity index (χ2n) is 4.90. The van der Waals surface area contributed by atoms with Crippen LogP contribution in [-0.4, -0.2) is 16.0 Å². The number of nitrogens with zero attached hydrogens (tertiary/aromatic N) is 1. The van der Waals surface area contributed by atoms with Gasteiger partial charge in [-0.05, 0) is 35.9 Å². The van der Waals surface area contributed by atoms with Gasteiger partial charge in [0, 0.05) is 10.5 Å². The second kappa shape index (κ2) is 7.06. The molecule has 5 nitrogen and oxygen atoms in total. The first-order valence-corrected chi connectivity index (χ1v) is 7.45. The quantitative estimate of drug-likeness (QED) is 0.329. The first-order valence-electron chi connectivity index (χ1n) is 6.66. The molecule has 0 amide bonds. The summed E-state index contributed by atoms with van der Waals surface area (Å²) in [4.78, 5) is 21.6. The Morgan fingerprint density at radius 2 is 1.76 bits per heavy atom. The van der Waals surface area contributed by atoms with E-state index in [1.807, 2.05) is 0 Å². The highest BCUT2D eigenvalue weighted by atomic mass is 79.9. The van der Waals surface area contributed by atoms with Gasteiger partial charge in [-0.1, -0.05) is 28.1 Å². The SMILES string of the molecule is O=C(O)/C(=C/c1ccc(Br)cc1)c1ccc(C(F)(F)F)cc1[N+](=O)[O-]. The maximum atomic E-state index is 12.7. The minimum absolute atomic E-state index is 0.327. The highest BCUT2D eigenvalue weighted by molar-refractivity contribution is 9.10. The van der Waals surface area contributed by atoms with Crippen molar-refractivity contribution in [1.82, 2.24) is 0 Å². The summed E-state index contributed by atoms with van der Waals surface area (Å²) in [5.74, 6) is -1.49. The molecule has 0 unspecified atom stereocenters. The lowest BCUT2D eigenvalue weighted by Gasteiger charge is -2.09. The Morgan fingerprint density at radius 1 is 1.16 bits per heavy atom. The predicted molar refractivity (Wildman–Crippen MR) is 87.7 cm³/mol. The fraction of sp³-hybridized carbons (Fsp3) is 0.0625. The van der Waals surface area contributed by atoms with Crippen LogP contribution in [0.4, 0.5) is 18.9 Å². The number of nitro groups is 1. The minimum Gasteiger partial charge on any atom is -0.478 e. The van der Waals surface area contributed by atoms with Crippen LogP contribution in [-0.2, 0) is 11.0 Å². The molecule has 2 rings (SSSR count). The molecule has 0 spiro atoms. The number of hydrogen-bond acceptors (Lipinski definition) is 3. The average molecular weight is 416 g/mol. The Bertz CT molecular complexity index is 861. The molecule has 0 atom stereocenters. The Labute approximate surface area is 147 Å². The largest absolute Gasteiger partial charge is 0.478 e. The van der Waals surface area contributed by atoms with E-state index in [-0.39, 0.29) is 0 Å². The van der Waals surface area contributed by atoms with Crippen LogP contribution in [0.15, 0.2) is 46.9 Å². The summed E-state index contributed by atoms with van der Waals surface area (Å²) in [5, 5.41) is 20.5. The molecule has 130 valence electrons. The molecule has 0 aliphatic rings. The van der Waals surface area contributed by atoms with Crippen molar-refractivity contribution in [1.29, 1.82) is 0 Å². The fourth-order valence-corrected chi connectivity index (χ4v) is 2.33. The summed E-state index contributed by atoms with van der Waals surface area (Å²) in [6.07, 6.45) is -3.62. The topological polar surface area (TPSA) is 80.4 Å². The summed E-state index contributed by atoms with van der Waals surface area (Å²) in [6, 6.07) is 8.11. The normalized spacial score (nSPS) is 12.1. The fourth-order valence-electron chi connectivity index (χ4n) is 2.07. The predicted octanol–water partition coefficient (Wildman–Crippen LogP) is 5.00. The standard InChI is InChI=1S/C16H9BrF3NO4/c17-11-4-1-9(2-5-11)7-13(15(22)23)12-6-3-10(16(18,19)20)8-14(12)21(24)25/h1-8H,(H,22,23)/b13-7+.